The van der Waals surface area contributed by atoms with Crippen LogP contribution in [0.5, 0.6) is 5.75 Å². The van der Waals surface area contributed by atoms with Gasteiger partial charge in [-0.05, 0) is 37.3 Å². The minimum atomic E-state index is -3.69. The third-order valence-corrected chi connectivity index (χ3v) is 8.36. The SMILES string of the molecule is COc1ccc(C(=O)Nc2ccc(F)c(C3(C)CS(=O)(=O)C4(CNC4)C(N)=N3)c2)nc1. The lowest BCUT2D eigenvalue weighted by molar-refractivity contribution is 0.102. The quantitative estimate of drug-likeness (QED) is 0.631. The van der Waals surface area contributed by atoms with Crippen molar-refractivity contribution in [1.82, 2.24) is 10.3 Å². The van der Waals surface area contributed by atoms with Crippen LogP contribution in [0.3, 0.4) is 0 Å². The zero-order valence-corrected chi connectivity index (χ0v) is 17.8. The molecule has 1 amide bonds. The van der Waals surface area contributed by atoms with E-state index in [-0.39, 0.29) is 35.9 Å². The number of amidine groups is 1. The fourth-order valence-corrected chi connectivity index (χ4v) is 6.05. The first-order chi connectivity index (χ1) is 14.6. The van der Waals surface area contributed by atoms with Gasteiger partial charge in [-0.3, -0.25) is 9.79 Å². The maximum atomic E-state index is 14.8. The number of hydrogen-bond acceptors (Lipinski definition) is 8. The number of rotatable bonds is 4. The molecule has 9 nitrogen and oxygen atoms in total. The number of nitrogens with one attached hydrogen (secondary N) is 2. The number of pyridine rings is 1. The molecule has 2 aromatic rings. The number of anilines is 1. The average molecular weight is 447 g/mol. The molecule has 11 heteroatoms. The average Bonchev–Trinajstić information content (AvgIpc) is 2.67. The van der Waals surface area contributed by atoms with Crippen LogP contribution >= 0.6 is 0 Å². The summed E-state index contributed by atoms with van der Waals surface area (Å²) in [6, 6.07) is 7.00. The van der Waals surface area contributed by atoms with E-state index in [2.05, 4.69) is 20.6 Å². The molecular weight excluding hydrogens is 425 g/mol. The van der Waals surface area contributed by atoms with E-state index in [9.17, 15) is 17.6 Å². The van der Waals surface area contributed by atoms with Crippen LogP contribution in [0.4, 0.5) is 10.1 Å². The van der Waals surface area contributed by atoms with Crippen molar-refractivity contribution in [1.29, 1.82) is 0 Å². The normalized spacial score (nSPS) is 23.5. The molecule has 4 rings (SSSR count). The van der Waals surface area contributed by atoms with Crippen LogP contribution in [0.2, 0.25) is 0 Å². The molecule has 2 aliphatic heterocycles. The summed E-state index contributed by atoms with van der Waals surface area (Å²) in [5, 5.41) is 5.56. The van der Waals surface area contributed by atoms with Crippen LogP contribution in [0.1, 0.15) is 23.0 Å². The molecule has 1 fully saturated rings. The summed E-state index contributed by atoms with van der Waals surface area (Å²) < 4.78 is 44.5. The lowest BCUT2D eigenvalue weighted by atomic mass is 9.91. The van der Waals surface area contributed by atoms with Crippen LogP contribution in [0, 0.1) is 5.82 Å². The van der Waals surface area contributed by atoms with Crippen molar-refractivity contribution in [3.8, 4) is 5.75 Å². The number of benzene rings is 1. The van der Waals surface area contributed by atoms with Crippen LogP contribution in [-0.4, -0.2) is 55.8 Å². The lowest BCUT2D eigenvalue weighted by Gasteiger charge is -2.46. The Kier molecular flexibility index (Phi) is 4.97. The predicted octanol–water partition coefficient (Wildman–Crippen LogP) is 0.824. The maximum Gasteiger partial charge on any atom is 0.274 e. The Labute approximate surface area is 178 Å². The number of amides is 1. The Morgan fingerprint density at radius 3 is 2.58 bits per heavy atom. The largest absolute Gasteiger partial charge is 0.495 e. The van der Waals surface area contributed by atoms with Crippen molar-refractivity contribution in [3.63, 3.8) is 0 Å². The molecule has 1 saturated heterocycles. The highest BCUT2D eigenvalue weighted by Crippen LogP contribution is 2.40. The van der Waals surface area contributed by atoms with Gasteiger partial charge in [-0.15, -0.1) is 0 Å². The number of halogens is 1. The number of nitrogens with two attached hydrogens (primary N) is 1. The first-order valence-corrected chi connectivity index (χ1v) is 11.2. The molecule has 1 aromatic carbocycles. The van der Waals surface area contributed by atoms with E-state index in [1.807, 2.05) is 0 Å². The zero-order chi connectivity index (χ0) is 22.4. The molecule has 1 atom stereocenters. The Morgan fingerprint density at radius 1 is 1.29 bits per heavy atom. The van der Waals surface area contributed by atoms with Gasteiger partial charge in [-0.1, -0.05) is 0 Å². The first kappa shape index (κ1) is 21.2. The van der Waals surface area contributed by atoms with Gasteiger partial charge in [-0.2, -0.15) is 0 Å². The third kappa shape index (κ3) is 3.43. The van der Waals surface area contributed by atoms with Gasteiger partial charge in [0.25, 0.3) is 5.91 Å². The summed E-state index contributed by atoms with van der Waals surface area (Å²) >= 11 is 0. The third-order valence-electron chi connectivity index (χ3n) is 5.73. The fourth-order valence-electron chi connectivity index (χ4n) is 3.80. The van der Waals surface area contributed by atoms with Gasteiger partial charge in [0.1, 0.15) is 28.6 Å². The minimum Gasteiger partial charge on any atom is -0.495 e. The topological polar surface area (TPSA) is 136 Å². The second-order valence-electron chi connectivity index (χ2n) is 7.86. The molecule has 0 aliphatic carbocycles. The van der Waals surface area contributed by atoms with Crippen molar-refractivity contribution < 1.29 is 22.3 Å². The number of aromatic nitrogens is 1. The summed E-state index contributed by atoms with van der Waals surface area (Å²) in [6.07, 6.45) is 1.40. The molecular formula is C20H22FN5O4S. The van der Waals surface area contributed by atoms with Crippen molar-refractivity contribution in [2.24, 2.45) is 10.7 Å². The van der Waals surface area contributed by atoms with Gasteiger partial charge in [0.15, 0.2) is 14.6 Å². The van der Waals surface area contributed by atoms with Crippen LogP contribution in [-0.2, 0) is 15.4 Å². The van der Waals surface area contributed by atoms with E-state index in [1.54, 1.807) is 6.07 Å². The number of carbonyl (C=O) groups excluding carboxylic acids is 1. The fraction of sp³-hybridized carbons (Fsp3) is 0.350. The number of aliphatic imine (C=N–C) groups is 1. The van der Waals surface area contributed by atoms with Gasteiger partial charge < -0.3 is 21.1 Å². The molecule has 164 valence electrons. The molecule has 3 heterocycles. The number of carbonyl (C=O) groups is 1. The van der Waals surface area contributed by atoms with Gasteiger partial charge in [-0.25, -0.2) is 17.8 Å². The van der Waals surface area contributed by atoms with E-state index in [0.717, 1.165) is 6.07 Å². The Bertz CT molecular complexity index is 1180. The molecule has 0 bridgehead atoms. The highest BCUT2D eigenvalue weighted by Gasteiger charge is 2.58. The van der Waals surface area contributed by atoms with E-state index in [0.29, 0.717) is 5.75 Å². The summed E-state index contributed by atoms with van der Waals surface area (Å²) in [7, 11) is -2.20. The second-order valence-corrected chi connectivity index (χ2v) is 10.2. The van der Waals surface area contributed by atoms with Crippen molar-refractivity contribution in [3.05, 3.63) is 53.6 Å². The number of nitrogens with zero attached hydrogens (tertiary/aromatic N) is 2. The van der Waals surface area contributed by atoms with E-state index >= 15 is 0 Å². The Hall–Kier alpha value is -3.05. The summed E-state index contributed by atoms with van der Waals surface area (Å²) in [4.78, 5) is 20.9. The Balaban J connectivity index is 1.65. The smallest absolute Gasteiger partial charge is 0.274 e. The van der Waals surface area contributed by atoms with E-state index in [1.165, 1.54) is 38.4 Å². The van der Waals surface area contributed by atoms with Crippen LogP contribution in [0.25, 0.3) is 0 Å². The standard InChI is InChI=1S/C20H22FN5O4S/c1-19(11-31(28,29)20(9-23-10-20)18(22)26-19)14-7-12(3-5-15(14)21)25-17(27)16-6-4-13(30-2)8-24-16/h3-8,23H,9-11H2,1-2H3,(H2,22,26)(H,25,27). The molecule has 1 unspecified atom stereocenters. The number of methoxy groups -OCH3 is 1. The summed E-state index contributed by atoms with van der Waals surface area (Å²) in [5.41, 5.74) is 5.07. The monoisotopic (exact) mass is 447 g/mol. The van der Waals surface area contributed by atoms with E-state index in [4.69, 9.17) is 10.5 Å². The van der Waals surface area contributed by atoms with Gasteiger partial charge >= 0.3 is 0 Å². The van der Waals surface area contributed by atoms with Gasteiger partial charge in [0, 0.05) is 24.3 Å². The molecule has 0 saturated carbocycles. The number of hydrogen-bond donors (Lipinski definition) is 3. The zero-order valence-electron chi connectivity index (χ0n) is 17.0. The molecule has 0 radical (unpaired) electrons. The van der Waals surface area contributed by atoms with Gasteiger partial charge in [0.05, 0.1) is 19.1 Å². The maximum absolute atomic E-state index is 14.8. The van der Waals surface area contributed by atoms with Crippen molar-refractivity contribution >= 4 is 27.3 Å². The number of sulfone groups is 1. The summed E-state index contributed by atoms with van der Waals surface area (Å²) in [6.45, 7) is 1.90. The first-order valence-electron chi connectivity index (χ1n) is 9.50. The van der Waals surface area contributed by atoms with Gasteiger partial charge in [0.2, 0.25) is 0 Å². The van der Waals surface area contributed by atoms with Crippen LogP contribution < -0.4 is 21.1 Å². The van der Waals surface area contributed by atoms with Crippen molar-refractivity contribution in [2.45, 2.75) is 17.2 Å². The molecule has 31 heavy (non-hydrogen) atoms. The highest BCUT2D eigenvalue weighted by atomic mass is 32.2. The highest BCUT2D eigenvalue weighted by molar-refractivity contribution is 7.93. The minimum absolute atomic E-state index is 0.0293. The summed E-state index contributed by atoms with van der Waals surface area (Å²) in [5.74, 6) is -1.07. The molecule has 2 aliphatic rings. The predicted molar refractivity (Wildman–Crippen MR) is 114 cm³/mol. The molecule has 4 N–H and O–H groups in total. The number of ether oxygens (including phenoxy) is 1. The van der Waals surface area contributed by atoms with Crippen LogP contribution in [0.15, 0.2) is 41.5 Å². The Morgan fingerprint density at radius 2 is 2.03 bits per heavy atom. The molecule has 1 aromatic heterocycles. The lowest BCUT2D eigenvalue weighted by Crippen LogP contribution is -2.73. The van der Waals surface area contributed by atoms with Crippen molar-refractivity contribution in [2.75, 3.05) is 31.3 Å². The molecule has 1 spiro atoms. The van der Waals surface area contributed by atoms with E-state index < -0.39 is 37.6 Å². The second kappa shape index (κ2) is 7.27.